The number of aromatic nitrogens is 3. The zero-order valence-corrected chi connectivity index (χ0v) is 16.8. The van der Waals surface area contributed by atoms with Gasteiger partial charge in [-0.2, -0.15) is 5.10 Å². The van der Waals surface area contributed by atoms with Crippen LogP contribution in [0, 0.1) is 5.82 Å². The fourth-order valence-corrected chi connectivity index (χ4v) is 3.94. The molecule has 0 aliphatic heterocycles. The Balaban J connectivity index is 1.79. The van der Waals surface area contributed by atoms with Gasteiger partial charge in [-0.1, -0.05) is 6.07 Å². The number of carbonyl (C=O) groups is 1. The van der Waals surface area contributed by atoms with E-state index >= 15 is 0 Å². The first-order chi connectivity index (χ1) is 14.0. The molecule has 1 unspecified atom stereocenters. The molecule has 3 heterocycles. The smallest absolute Gasteiger partial charge is 0.233 e. The second kappa shape index (κ2) is 7.97. The summed E-state index contributed by atoms with van der Waals surface area (Å²) in [5.41, 5.74) is 3.07. The van der Waals surface area contributed by atoms with Crippen LogP contribution >= 0.6 is 11.3 Å². The zero-order chi connectivity index (χ0) is 20.4. The minimum absolute atomic E-state index is 0.114. The molecule has 4 rings (SSSR count). The average molecular weight is 406 g/mol. The Morgan fingerprint density at radius 3 is 2.48 bits per heavy atom. The minimum Gasteiger partial charge on any atom is -0.310 e. The second-order valence-electron chi connectivity index (χ2n) is 6.66. The number of anilines is 1. The van der Waals surface area contributed by atoms with E-state index in [1.807, 2.05) is 36.6 Å². The van der Waals surface area contributed by atoms with Gasteiger partial charge in [0, 0.05) is 29.9 Å². The van der Waals surface area contributed by atoms with E-state index in [0.717, 1.165) is 21.6 Å². The molecule has 0 radical (unpaired) electrons. The maximum Gasteiger partial charge on any atom is 0.233 e. The molecular weight excluding hydrogens is 387 g/mol. The van der Waals surface area contributed by atoms with Gasteiger partial charge in [-0.05, 0) is 60.3 Å². The quantitative estimate of drug-likeness (QED) is 0.502. The Morgan fingerprint density at radius 1 is 1.10 bits per heavy atom. The lowest BCUT2D eigenvalue weighted by Gasteiger charge is -2.13. The van der Waals surface area contributed by atoms with Crippen LogP contribution in [0.2, 0.25) is 0 Å². The highest BCUT2D eigenvalue weighted by Crippen LogP contribution is 2.37. The second-order valence-corrected chi connectivity index (χ2v) is 7.64. The third-order valence-corrected chi connectivity index (χ3v) is 5.79. The van der Waals surface area contributed by atoms with Crippen molar-refractivity contribution in [1.29, 1.82) is 0 Å². The maximum absolute atomic E-state index is 13.4. The molecule has 1 N–H and O–H groups in total. The number of carbonyl (C=O) groups excluding carboxylic acids is 1. The summed E-state index contributed by atoms with van der Waals surface area (Å²) in [7, 11) is 1.78. The summed E-state index contributed by atoms with van der Waals surface area (Å²) >= 11 is 1.55. The zero-order valence-electron chi connectivity index (χ0n) is 16.0. The molecule has 0 spiro atoms. The van der Waals surface area contributed by atoms with Crippen LogP contribution < -0.4 is 5.32 Å². The highest BCUT2D eigenvalue weighted by Gasteiger charge is 2.24. The van der Waals surface area contributed by atoms with Crippen molar-refractivity contribution in [2.75, 3.05) is 5.32 Å². The van der Waals surface area contributed by atoms with Crippen molar-refractivity contribution in [2.24, 2.45) is 7.05 Å². The van der Waals surface area contributed by atoms with Crippen molar-refractivity contribution >= 4 is 23.1 Å². The van der Waals surface area contributed by atoms with E-state index < -0.39 is 0 Å². The lowest BCUT2D eigenvalue weighted by Crippen LogP contribution is -2.20. The van der Waals surface area contributed by atoms with Crippen molar-refractivity contribution in [3.63, 3.8) is 0 Å². The van der Waals surface area contributed by atoms with Gasteiger partial charge in [-0.15, -0.1) is 11.3 Å². The van der Waals surface area contributed by atoms with Gasteiger partial charge in [-0.3, -0.25) is 14.5 Å². The lowest BCUT2D eigenvalue weighted by atomic mass is 10.0. The standard InChI is InChI=1S/C22H19FN4OS/c1-14(18-4-3-13-29-18)22(28)25-21-19(15-9-11-24-12-10-15)20(26-27(21)2)16-5-7-17(23)8-6-16/h3-14H,1-2H3,(H,25,28). The fraction of sp³-hybridized carbons (Fsp3) is 0.136. The van der Waals surface area contributed by atoms with E-state index in [-0.39, 0.29) is 17.6 Å². The minimum atomic E-state index is -0.312. The number of hydrogen-bond donors (Lipinski definition) is 1. The van der Waals surface area contributed by atoms with Gasteiger partial charge >= 0.3 is 0 Å². The summed E-state index contributed by atoms with van der Waals surface area (Å²) in [6.07, 6.45) is 3.38. The molecule has 29 heavy (non-hydrogen) atoms. The molecule has 0 aliphatic carbocycles. The van der Waals surface area contributed by atoms with Crippen LogP contribution in [-0.4, -0.2) is 20.7 Å². The molecule has 7 heteroatoms. The lowest BCUT2D eigenvalue weighted by molar-refractivity contribution is -0.117. The van der Waals surface area contributed by atoms with Crippen molar-refractivity contribution in [1.82, 2.24) is 14.8 Å². The summed E-state index contributed by atoms with van der Waals surface area (Å²) in [4.78, 5) is 18.0. The van der Waals surface area contributed by atoms with Crippen molar-refractivity contribution in [3.8, 4) is 22.4 Å². The maximum atomic E-state index is 13.4. The number of halogens is 1. The molecule has 0 saturated carbocycles. The molecule has 0 saturated heterocycles. The fourth-order valence-electron chi connectivity index (χ4n) is 3.16. The number of amides is 1. The Labute approximate surface area is 171 Å². The molecular formula is C22H19FN4OS. The Bertz CT molecular complexity index is 1120. The van der Waals surface area contributed by atoms with Gasteiger partial charge in [0.2, 0.25) is 5.91 Å². The SMILES string of the molecule is CC(C(=O)Nc1c(-c2ccncc2)c(-c2ccc(F)cc2)nn1C)c1cccs1. The van der Waals surface area contributed by atoms with E-state index in [1.165, 1.54) is 12.1 Å². The van der Waals surface area contributed by atoms with Gasteiger partial charge in [0.15, 0.2) is 0 Å². The van der Waals surface area contributed by atoms with Crippen LogP contribution in [0.25, 0.3) is 22.4 Å². The van der Waals surface area contributed by atoms with Crippen LogP contribution in [0.1, 0.15) is 17.7 Å². The average Bonchev–Trinajstić information content (AvgIpc) is 3.37. The summed E-state index contributed by atoms with van der Waals surface area (Å²) in [6.45, 7) is 1.88. The van der Waals surface area contributed by atoms with Crippen molar-refractivity contribution < 1.29 is 9.18 Å². The van der Waals surface area contributed by atoms with E-state index in [2.05, 4.69) is 15.4 Å². The predicted molar refractivity (Wildman–Crippen MR) is 113 cm³/mol. The van der Waals surface area contributed by atoms with E-state index in [0.29, 0.717) is 11.5 Å². The third-order valence-electron chi connectivity index (χ3n) is 4.74. The molecule has 4 aromatic rings. The number of rotatable bonds is 5. The molecule has 0 bridgehead atoms. The van der Waals surface area contributed by atoms with Gasteiger partial charge in [0.05, 0.1) is 11.5 Å². The number of benzene rings is 1. The predicted octanol–water partition coefficient (Wildman–Crippen LogP) is 5.09. The number of pyridine rings is 1. The van der Waals surface area contributed by atoms with Crippen LogP contribution in [0.15, 0.2) is 66.3 Å². The molecule has 0 fully saturated rings. The van der Waals surface area contributed by atoms with Crippen LogP contribution in [0.5, 0.6) is 0 Å². The first-order valence-electron chi connectivity index (χ1n) is 9.12. The van der Waals surface area contributed by atoms with Crippen LogP contribution in [-0.2, 0) is 11.8 Å². The molecule has 1 aromatic carbocycles. The third kappa shape index (κ3) is 3.82. The summed E-state index contributed by atoms with van der Waals surface area (Å²) < 4.78 is 15.1. The van der Waals surface area contributed by atoms with Crippen molar-refractivity contribution in [3.05, 3.63) is 77.0 Å². The molecule has 5 nitrogen and oxygen atoms in total. The number of nitrogens with zero attached hydrogens (tertiary/aromatic N) is 3. The van der Waals surface area contributed by atoms with Crippen LogP contribution in [0.3, 0.4) is 0 Å². The Morgan fingerprint density at radius 2 is 1.83 bits per heavy atom. The van der Waals surface area contributed by atoms with Gasteiger partial charge in [0.25, 0.3) is 0 Å². The normalized spacial score (nSPS) is 12.0. The summed E-state index contributed by atoms with van der Waals surface area (Å²) in [5, 5.41) is 9.62. The molecule has 3 aromatic heterocycles. The van der Waals surface area contributed by atoms with Gasteiger partial charge in [-0.25, -0.2) is 4.39 Å². The topological polar surface area (TPSA) is 59.8 Å². The Hall–Kier alpha value is -3.32. The first-order valence-corrected chi connectivity index (χ1v) is 10.00. The van der Waals surface area contributed by atoms with Crippen molar-refractivity contribution in [2.45, 2.75) is 12.8 Å². The van der Waals surface area contributed by atoms with E-state index in [4.69, 9.17) is 0 Å². The number of nitrogens with one attached hydrogen (secondary N) is 1. The van der Waals surface area contributed by atoms with Gasteiger partial charge < -0.3 is 5.32 Å². The molecule has 1 atom stereocenters. The number of aryl methyl sites for hydroxylation is 1. The molecule has 1 amide bonds. The first kappa shape index (κ1) is 19.0. The molecule has 146 valence electrons. The van der Waals surface area contributed by atoms with E-state index in [1.54, 1.807) is 47.6 Å². The highest BCUT2D eigenvalue weighted by molar-refractivity contribution is 7.10. The number of hydrogen-bond acceptors (Lipinski definition) is 4. The largest absolute Gasteiger partial charge is 0.310 e. The van der Waals surface area contributed by atoms with E-state index in [9.17, 15) is 9.18 Å². The number of thiophene rings is 1. The highest BCUT2D eigenvalue weighted by atomic mass is 32.1. The summed E-state index contributed by atoms with van der Waals surface area (Å²) in [6, 6.07) is 13.8. The monoisotopic (exact) mass is 406 g/mol. The summed E-state index contributed by atoms with van der Waals surface area (Å²) in [5.74, 6) is -0.127. The van der Waals surface area contributed by atoms with Crippen LogP contribution in [0.4, 0.5) is 10.2 Å². The Kier molecular flexibility index (Phi) is 5.22. The molecule has 0 aliphatic rings. The van der Waals surface area contributed by atoms with Gasteiger partial charge in [0.1, 0.15) is 17.3 Å².